The van der Waals surface area contributed by atoms with Gasteiger partial charge in [0.05, 0.1) is 5.69 Å². The van der Waals surface area contributed by atoms with E-state index in [2.05, 4.69) is 9.97 Å². The van der Waals surface area contributed by atoms with Crippen LogP contribution in [0.4, 0.5) is 13.2 Å². The Labute approximate surface area is 123 Å². The molecule has 0 amide bonds. The van der Waals surface area contributed by atoms with Crippen LogP contribution < -0.4 is 0 Å². The molecule has 0 saturated carbocycles. The summed E-state index contributed by atoms with van der Waals surface area (Å²) in [6.45, 7) is 0. The number of phenolic OH excluding ortho intramolecular Hbond substituents is 1. The topological polar surface area (TPSA) is 46.0 Å². The standard InChI is InChI=1S/C14H11F3N2OS/c1-21-13-18-10(8-12(19-13)14(15,16)17)5-2-9-3-6-11(20)7-4-9/h2-8,20H,1H3/b5-2+. The highest BCUT2D eigenvalue weighted by molar-refractivity contribution is 7.98. The summed E-state index contributed by atoms with van der Waals surface area (Å²) >= 11 is 1.05. The molecular weight excluding hydrogens is 301 g/mol. The van der Waals surface area contributed by atoms with Crippen LogP contribution in [0, 0.1) is 0 Å². The second-order valence-electron chi connectivity index (χ2n) is 4.09. The van der Waals surface area contributed by atoms with E-state index in [0.717, 1.165) is 23.4 Å². The highest BCUT2D eigenvalue weighted by Crippen LogP contribution is 2.29. The predicted octanol–water partition coefficient (Wildman–Crippen LogP) is 4.09. The maximum atomic E-state index is 12.7. The van der Waals surface area contributed by atoms with Crippen molar-refractivity contribution in [3.8, 4) is 5.75 Å². The Morgan fingerprint density at radius 2 is 1.76 bits per heavy atom. The third-order valence-corrected chi connectivity index (χ3v) is 3.09. The maximum Gasteiger partial charge on any atom is 0.433 e. The molecule has 0 spiro atoms. The van der Waals surface area contributed by atoms with E-state index in [-0.39, 0.29) is 16.6 Å². The lowest BCUT2D eigenvalue weighted by Crippen LogP contribution is -2.10. The number of nitrogens with zero attached hydrogens (tertiary/aromatic N) is 2. The lowest BCUT2D eigenvalue weighted by Gasteiger charge is -2.07. The van der Waals surface area contributed by atoms with Crippen LogP contribution in [-0.4, -0.2) is 21.3 Å². The molecule has 2 aromatic rings. The number of halogens is 3. The summed E-state index contributed by atoms with van der Waals surface area (Å²) < 4.78 is 38.2. The van der Waals surface area contributed by atoms with Crippen LogP contribution in [0.5, 0.6) is 5.75 Å². The van der Waals surface area contributed by atoms with Crippen LogP contribution in [0.3, 0.4) is 0 Å². The molecule has 0 unspecified atom stereocenters. The fourth-order valence-electron chi connectivity index (χ4n) is 1.53. The smallest absolute Gasteiger partial charge is 0.433 e. The minimum Gasteiger partial charge on any atom is -0.508 e. The molecule has 2 rings (SSSR count). The minimum absolute atomic E-state index is 0.0650. The molecular formula is C14H11F3N2OS. The van der Waals surface area contributed by atoms with E-state index in [1.807, 2.05) is 0 Å². The molecule has 110 valence electrons. The normalized spacial score (nSPS) is 12.0. The van der Waals surface area contributed by atoms with Crippen molar-refractivity contribution in [2.45, 2.75) is 11.3 Å². The van der Waals surface area contributed by atoms with Gasteiger partial charge in [-0.2, -0.15) is 13.2 Å². The van der Waals surface area contributed by atoms with Gasteiger partial charge in [-0.25, -0.2) is 9.97 Å². The van der Waals surface area contributed by atoms with E-state index in [4.69, 9.17) is 5.11 Å². The molecule has 21 heavy (non-hydrogen) atoms. The zero-order valence-electron chi connectivity index (χ0n) is 10.9. The van der Waals surface area contributed by atoms with Gasteiger partial charge >= 0.3 is 6.18 Å². The van der Waals surface area contributed by atoms with Crippen molar-refractivity contribution >= 4 is 23.9 Å². The highest BCUT2D eigenvalue weighted by Gasteiger charge is 2.33. The monoisotopic (exact) mass is 312 g/mol. The van der Waals surface area contributed by atoms with Gasteiger partial charge in [0.25, 0.3) is 0 Å². The average Bonchev–Trinajstić information content (AvgIpc) is 2.45. The number of hydrogen-bond donors (Lipinski definition) is 1. The Morgan fingerprint density at radius 1 is 1.10 bits per heavy atom. The number of thioether (sulfide) groups is 1. The molecule has 0 aliphatic rings. The Balaban J connectivity index is 2.32. The summed E-state index contributed by atoms with van der Waals surface area (Å²) in [6.07, 6.45) is 0.201. The maximum absolute atomic E-state index is 12.7. The molecule has 1 heterocycles. The van der Waals surface area contributed by atoms with Crippen LogP contribution in [-0.2, 0) is 6.18 Å². The first-order chi connectivity index (χ1) is 9.88. The van der Waals surface area contributed by atoms with Gasteiger partial charge in [0.2, 0.25) is 0 Å². The first-order valence-electron chi connectivity index (χ1n) is 5.86. The summed E-state index contributed by atoms with van der Waals surface area (Å²) in [6, 6.07) is 7.18. The molecule has 0 aliphatic heterocycles. The Morgan fingerprint density at radius 3 is 2.33 bits per heavy atom. The largest absolute Gasteiger partial charge is 0.508 e. The fourth-order valence-corrected chi connectivity index (χ4v) is 1.92. The SMILES string of the molecule is CSc1nc(/C=C/c2ccc(O)cc2)cc(C(F)(F)F)n1. The van der Waals surface area contributed by atoms with Crippen molar-refractivity contribution in [2.75, 3.05) is 6.26 Å². The first kappa shape index (κ1) is 15.4. The number of hydrogen-bond acceptors (Lipinski definition) is 4. The molecule has 0 aliphatic carbocycles. The van der Waals surface area contributed by atoms with E-state index >= 15 is 0 Å². The molecule has 0 bridgehead atoms. The van der Waals surface area contributed by atoms with Gasteiger partial charge in [-0.1, -0.05) is 30.0 Å². The van der Waals surface area contributed by atoms with Crippen LogP contribution in [0.25, 0.3) is 12.2 Å². The second kappa shape index (κ2) is 6.17. The van der Waals surface area contributed by atoms with Crippen LogP contribution in [0.1, 0.15) is 17.0 Å². The number of phenols is 1. The van der Waals surface area contributed by atoms with Gasteiger partial charge in [0.1, 0.15) is 11.4 Å². The van der Waals surface area contributed by atoms with Crippen molar-refractivity contribution < 1.29 is 18.3 Å². The van der Waals surface area contributed by atoms with Gasteiger partial charge in [-0.15, -0.1) is 0 Å². The van der Waals surface area contributed by atoms with Crippen molar-refractivity contribution in [1.29, 1.82) is 0 Å². The zero-order chi connectivity index (χ0) is 15.5. The molecule has 3 nitrogen and oxygen atoms in total. The fraction of sp³-hybridized carbons (Fsp3) is 0.143. The van der Waals surface area contributed by atoms with Gasteiger partial charge in [0.15, 0.2) is 5.16 Å². The first-order valence-corrected chi connectivity index (χ1v) is 7.08. The molecule has 1 N–H and O–H groups in total. The Bertz CT molecular complexity index is 654. The Hall–Kier alpha value is -2.02. The lowest BCUT2D eigenvalue weighted by molar-refractivity contribution is -0.141. The van der Waals surface area contributed by atoms with E-state index < -0.39 is 11.9 Å². The lowest BCUT2D eigenvalue weighted by atomic mass is 10.2. The van der Waals surface area contributed by atoms with Gasteiger partial charge in [-0.3, -0.25) is 0 Å². The molecule has 7 heteroatoms. The quantitative estimate of drug-likeness (QED) is 0.685. The van der Waals surface area contributed by atoms with Crippen molar-refractivity contribution in [3.63, 3.8) is 0 Å². The number of alkyl halides is 3. The van der Waals surface area contributed by atoms with Crippen LogP contribution >= 0.6 is 11.8 Å². The average molecular weight is 312 g/mol. The summed E-state index contributed by atoms with van der Waals surface area (Å²) in [5.41, 5.74) is -0.0485. The van der Waals surface area contributed by atoms with Crippen molar-refractivity contribution in [1.82, 2.24) is 9.97 Å². The molecule has 1 aromatic heterocycles. The number of aromatic nitrogens is 2. The number of rotatable bonds is 3. The van der Waals surface area contributed by atoms with Crippen molar-refractivity contribution in [2.24, 2.45) is 0 Å². The third kappa shape index (κ3) is 4.22. The van der Waals surface area contributed by atoms with E-state index in [1.54, 1.807) is 24.5 Å². The summed E-state index contributed by atoms with van der Waals surface area (Å²) in [4.78, 5) is 7.46. The number of benzene rings is 1. The summed E-state index contributed by atoms with van der Waals surface area (Å²) in [5.74, 6) is 0.123. The van der Waals surface area contributed by atoms with E-state index in [0.29, 0.717) is 0 Å². The molecule has 0 fully saturated rings. The summed E-state index contributed by atoms with van der Waals surface area (Å²) in [7, 11) is 0. The highest BCUT2D eigenvalue weighted by atomic mass is 32.2. The second-order valence-corrected chi connectivity index (χ2v) is 4.86. The van der Waals surface area contributed by atoms with Gasteiger partial charge in [0, 0.05) is 0 Å². The van der Waals surface area contributed by atoms with E-state index in [9.17, 15) is 13.2 Å². The Kier molecular flexibility index (Phi) is 4.52. The predicted molar refractivity (Wildman–Crippen MR) is 75.8 cm³/mol. The number of aromatic hydroxyl groups is 1. The van der Waals surface area contributed by atoms with Crippen LogP contribution in [0.15, 0.2) is 35.5 Å². The molecule has 0 saturated heterocycles. The zero-order valence-corrected chi connectivity index (χ0v) is 11.7. The van der Waals surface area contributed by atoms with E-state index in [1.165, 1.54) is 18.2 Å². The van der Waals surface area contributed by atoms with Crippen LogP contribution in [0.2, 0.25) is 0 Å². The molecule has 0 radical (unpaired) electrons. The third-order valence-electron chi connectivity index (χ3n) is 2.54. The van der Waals surface area contributed by atoms with Crippen molar-refractivity contribution in [3.05, 3.63) is 47.3 Å². The molecule has 1 aromatic carbocycles. The van der Waals surface area contributed by atoms with Gasteiger partial charge < -0.3 is 5.11 Å². The molecule has 0 atom stereocenters. The van der Waals surface area contributed by atoms with Gasteiger partial charge in [-0.05, 0) is 36.1 Å². The minimum atomic E-state index is -4.51. The summed E-state index contributed by atoms with van der Waals surface area (Å²) in [5, 5.41) is 9.23.